The summed E-state index contributed by atoms with van der Waals surface area (Å²) < 4.78 is 0. The maximum atomic E-state index is 11.8. The summed E-state index contributed by atoms with van der Waals surface area (Å²) in [6.07, 6.45) is 2.63. The fourth-order valence-electron chi connectivity index (χ4n) is 2.26. The van der Waals surface area contributed by atoms with Gasteiger partial charge in [0.25, 0.3) is 0 Å². The third-order valence-electron chi connectivity index (χ3n) is 3.82. The van der Waals surface area contributed by atoms with Crippen molar-refractivity contribution in [1.29, 1.82) is 0 Å². The number of nitrogens with zero attached hydrogens (tertiary/aromatic N) is 1. The molecular formula is C19H25N3O2. The zero-order valence-electron chi connectivity index (χ0n) is 14.4. The number of nitrogens with one attached hydrogen (secondary N) is 2. The Bertz CT molecular complexity index is 649. The first-order valence-electron chi connectivity index (χ1n) is 8.05. The molecule has 0 aliphatic rings. The van der Waals surface area contributed by atoms with Crippen molar-refractivity contribution in [3.05, 3.63) is 65.5 Å². The van der Waals surface area contributed by atoms with E-state index in [9.17, 15) is 9.90 Å². The molecule has 0 saturated heterocycles. The second-order valence-corrected chi connectivity index (χ2v) is 6.81. The minimum absolute atomic E-state index is 0.0780. The van der Waals surface area contributed by atoms with Gasteiger partial charge in [0.15, 0.2) is 0 Å². The lowest BCUT2D eigenvalue weighted by Gasteiger charge is -2.20. The Hall–Kier alpha value is -2.40. The molecule has 128 valence electrons. The van der Waals surface area contributed by atoms with E-state index < -0.39 is 6.10 Å². The Morgan fingerprint density at radius 1 is 1.08 bits per heavy atom. The fourth-order valence-corrected chi connectivity index (χ4v) is 2.26. The molecule has 3 N–H and O–H groups in total. The van der Waals surface area contributed by atoms with Crippen LogP contribution in [-0.2, 0) is 12.0 Å². The number of benzene rings is 1. The Balaban J connectivity index is 1.80. The van der Waals surface area contributed by atoms with Crippen LogP contribution in [0.3, 0.4) is 0 Å². The Labute approximate surface area is 143 Å². The highest BCUT2D eigenvalue weighted by Gasteiger charge is 2.15. The molecule has 0 aliphatic carbocycles. The fraction of sp³-hybridized carbons (Fsp3) is 0.368. The minimum Gasteiger partial charge on any atom is -0.387 e. The van der Waals surface area contributed by atoms with Gasteiger partial charge >= 0.3 is 6.03 Å². The van der Waals surface area contributed by atoms with Crippen LogP contribution in [0.4, 0.5) is 4.79 Å². The third-order valence-corrected chi connectivity index (χ3v) is 3.82. The van der Waals surface area contributed by atoms with Gasteiger partial charge in [0.05, 0.1) is 6.10 Å². The van der Waals surface area contributed by atoms with E-state index in [1.807, 2.05) is 36.4 Å². The largest absolute Gasteiger partial charge is 0.387 e. The van der Waals surface area contributed by atoms with Crippen molar-refractivity contribution in [3.8, 4) is 0 Å². The first-order valence-corrected chi connectivity index (χ1v) is 8.05. The topological polar surface area (TPSA) is 74.2 Å². The summed E-state index contributed by atoms with van der Waals surface area (Å²) in [5, 5.41) is 15.6. The monoisotopic (exact) mass is 327 g/mol. The van der Waals surface area contributed by atoms with Crippen molar-refractivity contribution in [2.24, 2.45) is 0 Å². The number of amides is 2. The number of pyridine rings is 1. The first kappa shape index (κ1) is 17.9. The van der Waals surface area contributed by atoms with Gasteiger partial charge in [-0.1, -0.05) is 45.0 Å². The number of carbonyl (C=O) groups excluding carboxylic acids is 1. The summed E-state index contributed by atoms with van der Waals surface area (Å²) in [7, 11) is 0. The van der Waals surface area contributed by atoms with Crippen LogP contribution in [0.2, 0.25) is 0 Å². The van der Waals surface area contributed by atoms with Crippen LogP contribution in [0.25, 0.3) is 0 Å². The lowest BCUT2D eigenvalue weighted by atomic mass is 9.86. The van der Waals surface area contributed by atoms with Crippen molar-refractivity contribution in [1.82, 2.24) is 15.6 Å². The highest BCUT2D eigenvalue weighted by atomic mass is 16.3. The molecule has 5 heteroatoms. The normalized spacial score (nSPS) is 12.5. The van der Waals surface area contributed by atoms with Crippen molar-refractivity contribution in [3.63, 3.8) is 0 Å². The van der Waals surface area contributed by atoms with Crippen LogP contribution >= 0.6 is 0 Å². The summed E-state index contributed by atoms with van der Waals surface area (Å²) >= 11 is 0. The molecule has 1 heterocycles. The zero-order valence-corrected chi connectivity index (χ0v) is 14.4. The van der Waals surface area contributed by atoms with Crippen LogP contribution in [-0.4, -0.2) is 22.7 Å². The van der Waals surface area contributed by atoms with E-state index >= 15 is 0 Å². The van der Waals surface area contributed by atoms with Gasteiger partial charge < -0.3 is 15.7 Å². The summed E-state index contributed by atoms with van der Waals surface area (Å²) in [6.45, 7) is 7.02. The third kappa shape index (κ3) is 5.35. The Morgan fingerprint density at radius 2 is 1.71 bits per heavy atom. The highest BCUT2D eigenvalue weighted by Crippen LogP contribution is 2.23. The maximum Gasteiger partial charge on any atom is 0.315 e. The molecule has 2 aromatic rings. The molecule has 0 spiro atoms. The summed E-state index contributed by atoms with van der Waals surface area (Å²) in [5.41, 5.74) is 3.05. The Morgan fingerprint density at radius 3 is 2.29 bits per heavy atom. The molecule has 0 fully saturated rings. The van der Waals surface area contributed by atoms with Crippen LogP contribution < -0.4 is 10.6 Å². The number of aliphatic hydroxyl groups is 1. The molecule has 0 unspecified atom stereocenters. The number of aliphatic hydroxyl groups excluding tert-OH is 1. The van der Waals surface area contributed by atoms with Crippen LogP contribution in [0.5, 0.6) is 0 Å². The molecule has 0 bridgehead atoms. The molecule has 1 aromatic heterocycles. The van der Waals surface area contributed by atoms with Crippen molar-refractivity contribution < 1.29 is 9.90 Å². The SMILES string of the molecule is CC(C)(C)c1ccc([C@@H](O)CNC(=O)NCc2ccncc2)cc1. The quantitative estimate of drug-likeness (QED) is 0.790. The van der Waals surface area contributed by atoms with E-state index in [1.165, 1.54) is 5.56 Å². The van der Waals surface area contributed by atoms with Crippen molar-refractivity contribution in [2.45, 2.75) is 38.8 Å². The number of carbonyl (C=O) groups is 1. The molecule has 2 rings (SSSR count). The van der Waals surface area contributed by atoms with Gasteiger partial charge in [-0.2, -0.15) is 0 Å². The van der Waals surface area contributed by atoms with Crippen molar-refractivity contribution >= 4 is 6.03 Å². The van der Waals surface area contributed by atoms with Gasteiger partial charge in [-0.15, -0.1) is 0 Å². The molecule has 0 saturated carbocycles. The van der Waals surface area contributed by atoms with E-state index in [0.29, 0.717) is 6.54 Å². The van der Waals surface area contributed by atoms with Gasteiger partial charge in [-0.05, 0) is 34.2 Å². The molecular weight excluding hydrogens is 302 g/mol. The Kier molecular flexibility index (Phi) is 5.93. The molecule has 0 radical (unpaired) electrons. The van der Waals surface area contributed by atoms with E-state index in [0.717, 1.165) is 11.1 Å². The standard InChI is InChI=1S/C19H25N3O2/c1-19(2,3)16-6-4-15(5-7-16)17(23)13-22-18(24)21-12-14-8-10-20-11-9-14/h4-11,17,23H,12-13H2,1-3H3,(H2,21,22,24)/t17-/m0/s1. The lowest BCUT2D eigenvalue weighted by molar-refractivity contribution is 0.173. The summed E-state index contributed by atoms with van der Waals surface area (Å²) in [5.74, 6) is 0. The second kappa shape index (κ2) is 7.93. The summed E-state index contributed by atoms with van der Waals surface area (Å²) in [4.78, 5) is 15.7. The van der Waals surface area contributed by atoms with Gasteiger partial charge in [-0.3, -0.25) is 4.98 Å². The van der Waals surface area contributed by atoms with Crippen LogP contribution in [0.1, 0.15) is 43.6 Å². The highest BCUT2D eigenvalue weighted by molar-refractivity contribution is 5.73. The molecule has 1 aromatic carbocycles. The predicted octanol–water partition coefficient (Wildman–Crippen LogP) is 2.91. The first-order chi connectivity index (χ1) is 11.4. The molecule has 5 nitrogen and oxygen atoms in total. The number of rotatable bonds is 5. The molecule has 0 aliphatic heterocycles. The predicted molar refractivity (Wildman–Crippen MR) is 94.6 cm³/mol. The molecule has 24 heavy (non-hydrogen) atoms. The van der Waals surface area contributed by atoms with Gasteiger partial charge in [-0.25, -0.2) is 4.79 Å². The number of urea groups is 1. The minimum atomic E-state index is -0.731. The van der Waals surface area contributed by atoms with Crippen LogP contribution in [0.15, 0.2) is 48.8 Å². The van der Waals surface area contributed by atoms with E-state index in [4.69, 9.17) is 0 Å². The number of hydrogen-bond donors (Lipinski definition) is 3. The zero-order chi connectivity index (χ0) is 17.6. The van der Waals surface area contributed by atoms with Gasteiger partial charge in [0.1, 0.15) is 0 Å². The van der Waals surface area contributed by atoms with Gasteiger partial charge in [0, 0.05) is 25.5 Å². The van der Waals surface area contributed by atoms with Gasteiger partial charge in [0.2, 0.25) is 0 Å². The van der Waals surface area contributed by atoms with E-state index in [-0.39, 0.29) is 18.0 Å². The maximum absolute atomic E-state index is 11.8. The average Bonchev–Trinajstić information content (AvgIpc) is 2.58. The average molecular weight is 327 g/mol. The van der Waals surface area contributed by atoms with Crippen LogP contribution in [0, 0.1) is 0 Å². The molecule has 2 amide bonds. The van der Waals surface area contributed by atoms with Crippen molar-refractivity contribution in [2.75, 3.05) is 6.54 Å². The number of hydrogen-bond acceptors (Lipinski definition) is 3. The smallest absolute Gasteiger partial charge is 0.315 e. The number of aromatic nitrogens is 1. The lowest BCUT2D eigenvalue weighted by Crippen LogP contribution is -2.37. The van der Waals surface area contributed by atoms with E-state index in [1.54, 1.807) is 12.4 Å². The summed E-state index contributed by atoms with van der Waals surface area (Å²) in [6, 6.07) is 11.2. The second-order valence-electron chi connectivity index (χ2n) is 6.81. The molecule has 1 atom stereocenters. The van der Waals surface area contributed by atoms with E-state index in [2.05, 4.69) is 36.4 Å².